The summed E-state index contributed by atoms with van der Waals surface area (Å²) >= 11 is 5.87. The van der Waals surface area contributed by atoms with E-state index in [1.165, 1.54) is 18.2 Å². The van der Waals surface area contributed by atoms with E-state index in [1.807, 2.05) is 0 Å². The molecule has 112 valence electrons. The van der Waals surface area contributed by atoms with Crippen LogP contribution >= 0.6 is 11.6 Å². The maximum atomic E-state index is 12.6. The lowest BCUT2D eigenvalue weighted by Crippen LogP contribution is -2.27. The Bertz CT molecular complexity index is 610. The lowest BCUT2D eigenvalue weighted by Gasteiger charge is -2.20. The van der Waals surface area contributed by atoms with Crippen LogP contribution in [0.4, 0.5) is 14.4 Å². The van der Waals surface area contributed by atoms with Crippen molar-refractivity contribution < 1.29 is 21.8 Å². The SMILES string of the molecule is CC(C)(C)OC(=O)Nc1cc(CS(=O)(=O)F)ccc1Cl. The zero-order valence-electron chi connectivity index (χ0n) is 11.2. The van der Waals surface area contributed by atoms with Crippen LogP contribution in [0.15, 0.2) is 18.2 Å². The van der Waals surface area contributed by atoms with E-state index in [1.54, 1.807) is 20.8 Å². The van der Waals surface area contributed by atoms with Gasteiger partial charge in [-0.05, 0) is 38.5 Å². The minimum absolute atomic E-state index is 0.155. The van der Waals surface area contributed by atoms with Gasteiger partial charge in [-0.1, -0.05) is 17.7 Å². The molecule has 1 N–H and O–H groups in total. The lowest BCUT2D eigenvalue weighted by molar-refractivity contribution is 0.0636. The molecular formula is C12H15ClFNO4S. The van der Waals surface area contributed by atoms with E-state index in [9.17, 15) is 17.1 Å². The van der Waals surface area contributed by atoms with Crippen LogP contribution in [-0.4, -0.2) is 20.1 Å². The van der Waals surface area contributed by atoms with Crippen molar-refractivity contribution in [1.29, 1.82) is 0 Å². The summed E-state index contributed by atoms with van der Waals surface area (Å²) in [4.78, 5) is 11.6. The molecule has 0 spiro atoms. The number of anilines is 1. The minimum atomic E-state index is -4.65. The van der Waals surface area contributed by atoms with Gasteiger partial charge in [-0.2, -0.15) is 8.42 Å². The standard InChI is InChI=1S/C12H15ClFNO4S/c1-12(2,3)19-11(16)15-10-6-8(4-5-9(10)13)7-20(14,17)18/h4-6H,7H2,1-3H3,(H,15,16). The maximum absolute atomic E-state index is 12.6. The number of hydrogen-bond acceptors (Lipinski definition) is 4. The van der Waals surface area contributed by atoms with Gasteiger partial charge in [-0.3, -0.25) is 5.32 Å². The van der Waals surface area contributed by atoms with Crippen molar-refractivity contribution in [3.05, 3.63) is 28.8 Å². The third-order valence-corrected chi connectivity index (χ3v) is 3.01. The van der Waals surface area contributed by atoms with Crippen molar-refractivity contribution in [1.82, 2.24) is 0 Å². The van der Waals surface area contributed by atoms with Crippen molar-refractivity contribution in [2.45, 2.75) is 32.1 Å². The summed E-state index contributed by atoms with van der Waals surface area (Å²) < 4.78 is 38.8. The summed E-state index contributed by atoms with van der Waals surface area (Å²) in [5.41, 5.74) is -0.360. The number of carbonyl (C=O) groups is 1. The van der Waals surface area contributed by atoms with E-state index in [-0.39, 0.29) is 16.3 Å². The number of amides is 1. The molecule has 0 aliphatic rings. The first-order valence-corrected chi connectivity index (χ1v) is 7.60. The number of halogens is 2. The van der Waals surface area contributed by atoms with Crippen LogP contribution in [0.5, 0.6) is 0 Å². The van der Waals surface area contributed by atoms with Crippen molar-refractivity contribution in [2.75, 3.05) is 5.32 Å². The summed E-state index contributed by atoms with van der Waals surface area (Å²) in [6, 6.07) is 4.01. The van der Waals surface area contributed by atoms with Crippen LogP contribution in [0.1, 0.15) is 26.3 Å². The van der Waals surface area contributed by atoms with Crippen molar-refractivity contribution in [2.24, 2.45) is 0 Å². The number of carbonyl (C=O) groups excluding carboxylic acids is 1. The summed E-state index contributed by atoms with van der Waals surface area (Å²) in [5, 5.41) is 2.57. The van der Waals surface area contributed by atoms with E-state index < -0.39 is 27.7 Å². The Morgan fingerprint density at radius 3 is 2.50 bits per heavy atom. The first-order chi connectivity index (χ1) is 8.96. The summed E-state index contributed by atoms with van der Waals surface area (Å²) in [7, 11) is -4.65. The van der Waals surface area contributed by atoms with Gasteiger partial charge >= 0.3 is 16.3 Å². The molecule has 20 heavy (non-hydrogen) atoms. The molecule has 0 aliphatic carbocycles. The molecule has 1 amide bonds. The Morgan fingerprint density at radius 2 is 2.00 bits per heavy atom. The number of benzene rings is 1. The lowest BCUT2D eigenvalue weighted by atomic mass is 10.2. The fraction of sp³-hybridized carbons (Fsp3) is 0.417. The first kappa shape index (κ1) is 16.7. The van der Waals surface area contributed by atoms with Crippen LogP contribution in [0.2, 0.25) is 5.02 Å². The van der Waals surface area contributed by atoms with Crippen LogP contribution in [0, 0.1) is 0 Å². The molecule has 0 bridgehead atoms. The van der Waals surface area contributed by atoms with E-state index in [4.69, 9.17) is 16.3 Å². The van der Waals surface area contributed by atoms with Gasteiger partial charge in [0.25, 0.3) is 0 Å². The Labute approximate surface area is 122 Å². The highest BCUT2D eigenvalue weighted by Crippen LogP contribution is 2.25. The molecule has 1 aromatic rings. The molecule has 1 rings (SSSR count). The van der Waals surface area contributed by atoms with Gasteiger partial charge in [0.05, 0.1) is 10.7 Å². The molecule has 0 aromatic heterocycles. The van der Waals surface area contributed by atoms with Gasteiger partial charge in [0.15, 0.2) is 0 Å². The smallest absolute Gasteiger partial charge is 0.412 e. The normalized spacial score (nSPS) is 12.1. The largest absolute Gasteiger partial charge is 0.444 e. The highest BCUT2D eigenvalue weighted by atomic mass is 35.5. The second-order valence-electron chi connectivity index (χ2n) is 5.12. The average molecular weight is 324 g/mol. The van der Waals surface area contributed by atoms with Crippen LogP contribution < -0.4 is 5.32 Å². The van der Waals surface area contributed by atoms with Gasteiger partial charge in [-0.25, -0.2) is 4.79 Å². The molecule has 5 nitrogen and oxygen atoms in total. The highest BCUT2D eigenvalue weighted by molar-refractivity contribution is 7.85. The molecule has 0 aliphatic heterocycles. The molecule has 0 saturated carbocycles. The Balaban J connectivity index is 2.90. The van der Waals surface area contributed by atoms with E-state index in [2.05, 4.69) is 5.32 Å². The molecule has 0 unspecified atom stereocenters. The fourth-order valence-corrected chi connectivity index (χ4v) is 2.11. The van der Waals surface area contributed by atoms with Gasteiger partial charge in [0.1, 0.15) is 11.4 Å². The summed E-state index contributed by atoms with van der Waals surface area (Å²) in [6.07, 6.45) is -0.736. The summed E-state index contributed by atoms with van der Waals surface area (Å²) in [5.74, 6) is -0.785. The highest BCUT2D eigenvalue weighted by Gasteiger charge is 2.18. The third kappa shape index (κ3) is 6.21. The predicted octanol–water partition coefficient (Wildman–Crippen LogP) is 3.49. The maximum Gasteiger partial charge on any atom is 0.412 e. The average Bonchev–Trinajstić information content (AvgIpc) is 2.18. The molecular weight excluding hydrogens is 309 g/mol. The zero-order chi connectivity index (χ0) is 15.6. The predicted molar refractivity (Wildman–Crippen MR) is 75.0 cm³/mol. The molecule has 0 atom stereocenters. The number of ether oxygens (including phenoxy) is 1. The van der Waals surface area contributed by atoms with Crippen molar-refractivity contribution >= 4 is 33.6 Å². The monoisotopic (exact) mass is 323 g/mol. The quantitative estimate of drug-likeness (QED) is 0.864. The van der Waals surface area contributed by atoms with Gasteiger partial charge in [0, 0.05) is 0 Å². The molecule has 8 heteroatoms. The van der Waals surface area contributed by atoms with Crippen LogP contribution in [-0.2, 0) is 20.7 Å². The third-order valence-electron chi connectivity index (χ3n) is 2.01. The molecule has 0 radical (unpaired) electrons. The topological polar surface area (TPSA) is 72.5 Å². The van der Waals surface area contributed by atoms with Crippen molar-refractivity contribution in [3.63, 3.8) is 0 Å². The molecule has 0 heterocycles. The van der Waals surface area contributed by atoms with E-state index in [0.29, 0.717) is 0 Å². The van der Waals surface area contributed by atoms with E-state index >= 15 is 0 Å². The zero-order valence-corrected chi connectivity index (χ0v) is 12.8. The number of rotatable bonds is 3. The Morgan fingerprint density at radius 1 is 1.40 bits per heavy atom. The summed E-state index contributed by atoms with van der Waals surface area (Å²) in [6.45, 7) is 5.08. The van der Waals surface area contributed by atoms with Gasteiger partial charge < -0.3 is 4.74 Å². The Hall–Kier alpha value is -1.34. The number of nitrogens with one attached hydrogen (secondary N) is 1. The molecule has 0 saturated heterocycles. The minimum Gasteiger partial charge on any atom is -0.444 e. The fourth-order valence-electron chi connectivity index (χ4n) is 1.37. The van der Waals surface area contributed by atoms with Gasteiger partial charge in [0.2, 0.25) is 0 Å². The van der Waals surface area contributed by atoms with Crippen molar-refractivity contribution in [3.8, 4) is 0 Å². The van der Waals surface area contributed by atoms with E-state index in [0.717, 1.165) is 0 Å². The number of hydrogen-bond donors (Lipinski definition) is 1. The van der Waals surface area contributed by atoms with Crippen LogP contribution in [0.3, 0.4) is 0 Å². The Kier molecular flexibility index (Phi) is 4.99. The molecule has 0 fully saturated rings. The second-order valence-corrected chi connectivity index (χ2v) is 6.90. The van der Waals surface area contributed by atoms with Gasteiger partial charge in [-0.15, -0.1) is 3.89 Å². The molecule has 1 aromatic carbocycles. The first-order valence-electron chi connectivity index (χ1n) is 5.67. The second kappa shape index (κ2) is 5.97. The van der Waals surface area contributed by atoms with Crippen LogP contribution in [0.25, 0.3) is 0 Å².